The fourth-order valence-electron chi connectivity index (χ4n) is 0.759. The molecule has 1 rings (SSSR count). The minimum absolute atomic E-state index is 0.593. The van der Waals surface area contributed by atoms with Gasteiger partial charge in [0.25, 0.3) is 9.05 Å². The first-order valence-electron chi connectivity index (χ1n) is 3.22. The minimum atomic E-state index is -4.42. The molecule has 0 aliphatic heterocycles. The van der Waals surface area contributed by atoms with Crippen LogP contribution in [0.4, 0.5) is 13.2 Å². The maximum atomic E-state index is 11.8. The molecule has 1 aromatic rings. The van der Waals surface area contributed by atoms with Crippen molar-refractivity contribution >= 4 is 19.7 Å². The second-order valence-electron chi connectivity index (χ2n) is 2.44. The van der Waals surface area contributed by atoms with Crippen molar-refractivity contribution in [2.24, 2.45) is 0 Å². The van der Waals surface area contributed by atoms with Crippen molar-refractivity contribution in [3.8, 4) is 0 Å². The van der Waals surface area contributed by atoms with Crippen molar-refractivity contribution in [2.75, 3.05) is 0 Å². The Morgan fingerprint density at radius 3 is 2.43 bits per heavy atom. The summed E-state index contributed by atoms with van der Waals surface area (Å²) in [7, 11) is 0.794. The Labute approximate surface area is 81.7 Å². The lowest BCUT2D eigenvalue weighted by atomic mass is 10.6. The topological polar surface area (TPSA) is 52.0 Å². The lowest BCUT2D eigenvalue weighted by Crippen LogP contribution is -2.16. The van der Waals surface area contributed by atoms with E-state index in [0.29, 0.717) is 4.57 Å². The van der Waals surface area contributed by atoms with Gasteiger partial charge in [0.15, 0.2) is 5.03 Å². The largest absolute Gasteiger partial charge is 0.406 e. The number of halogens is 4. The number of hydrogen-bond acceptors (Lipinski definition) is 3. The van der Waals surface area contributed by atoms with Crippen molar-refractivity contribution < 1.29 is 21.6 Å². The standard InChI is InChI=1S/C5H4ClF3N2O2S/c6-14(12,13)4-1-11(3-10-4)2-5(7,8)9/h1,3H,2H2. The summed E-state index contributed by atoms with van der Waals surface area (Å²) in [6.07, 6.45) is -2.95. The number of imidazole rings is 1. The molecule has 14 heavy (non-hydrogen) atoms. The van der Waals surface area contributed by atoms with Crippen LogP contribution >= 0.6 is 10.7 Å². The molecule has 80 valence electrons. The summed E-state index contributed by atoms with van der Waals surface area (Å²) in [6.45, 7) is -1.30. The van der Waals surface area contributed by atoms with Crippen molar-refractivity contribution in [3.63, 3.8) is 0 Å². The third kappa shape index (κ3) is 3.18. The fourth-order valence-corrected chi connectivity index (χ4v) is 1.43. The van der Waals surface area contributed by atoms with E-state index < -0.39 is 26.8 Å². The predicted octanol–water partition coefficient (Wildman–Crippen LogP) is 1.37. The highest BCUT2D eigenvalue weighted by molar-refractivity contribution is 8.13. The van der Waals surface area contributed by atoms with E-state index in [1.807, 2.05) is 0 Å². The maximum absolute atomic E-state index is 11.8. The Kier molecular flexibility index (Phi) is 2.77. The lowest BCUT2D eigenvalue weighted by Gasteiger charge is -2.05. The van der Waals surface area contributed by atoms with Crippen LogP contribution in [0.25, 0.3) is 0 Å². The van der Waals surface area contributed by atoms with Gasteiger partial charge in [-0.3, -0.25) is 0 Å². The van der Waals surface area contributed by atoms with Gasteiger partial charge in [-0.25, -0.2) is 13.4 Å². The summed E-state index contributed by atoms with van der Waals surface area (Å²) in [5.74, 6) is 0. The van der Waals surface area contributed by atoms with Crippen molar-refractivity contribution in [2.45, 2.75) is 17.7 Å². The molecule has 9 heteroatoms. The third-order valence-corrected chi connectivity index (χ3v) is 2.41. The molecular formula is C5H4ClF3N2O2S. The van der Waals surface area contributed by atoms with Gasteiger partial charge in [-0.05, 0) is 0 Å². The number of aromatic nitrogens is 2. The van der Waals surface area contributed by atoms with Gasteiger partial charge in [-0.2, -0.15) is 13.2 Å². The monoisotopic (exact) mass is 248 g/mol. The van der Waals surface area contributed by atoms with Crippen LogP contribution in [0.3, 0.4) is 0 Å². The van der Waals surface area contributed by atoms with Gasteiger partial charge in [-0.1, -0.05) is 0 Å². The zero-order valence-electron chi connectivity index (χ0n) is 6.49. The van der Waals surface area contributed by atoms with Crippen molar-refractivity contribution in [3.05, 3.63) is 12.5 Å². The molecule has 0 aliphatic carbocycles. The first-order chi connectivity index (χ1) is 6.18. The zero-order chi connectivity index (χ0) is 11.0. The first kappa shape index (κ1) is 11.3. The van der Waals surface area contributed by atoms with Crippen LogP contribution in [0.5, 0.6) is 0 Å². The lowest BCUT2D eigenvalue weighted by molar-refractivity contribution is -0.140. The predicted molar refractivity (Wildman–Crippen MR) is 41.3 cm³/mol. The highest BCUT2D eigenvalue weighted by atomic mass is 35.7. The molecule has 0 bridgehead atoms. The molecule has 0 aromatic carbocycles. The molecule has 1 heterocycles. The summed E-state index contributed by atoms with van der Waals surface area (Å²) in [4.78, 5) is 3.21. The summed E-state index contributed by atoms with van der Waals surface area (Å²) in [6, 6.07) is 0. The Bertz CT molecular complexity index is 424. The van der Waals surface area contributed by atoms with Gasteiger partial charge in [0.1, 0.15) is 6.54 Å². The fraction of sp³-hybridized carbons (Fsp3) is 0.400. The van der Waals surface area contributed by atoms with Gasteiger partial charge in [0.2, 0.25) is 0 Å². The van der Waals surface area contributed by atoms with Crippen LogP contribution in [0.1, 0.15) is 0 Å². The molecule has 0 saturated heterocycles. The summed E-state index contributed by atoms with van der Waals surface area (Å²) in [5, 5.41) is -0.594. The van der Waals surface area contributed by atoms with Gasteiger partial charge in [-0.15, -0.1) is 0 Å². The smallest absolute Gasteiger partial charge is 0.327 e. The van der Waals surface area contributed by atoms with Crippen LogP contribution in [0.2, 0.25) is 0 Å². The highest BCUT2D eigenvalue weighted by Gasteiger charge is 2.28. The van der Waals surface area contributed by atoms with E-state index in [1.165, 1.54) is 0 Å². The second kappa shape index (κ2) is 3.43. The van der Waals surface area contributed by atoms with Gasteiger partial charge in [0, 0.05) is 16.9 Å². The Morgan fingerprint density at radius 2 is 2.07 bits per heavy atom. The number of alkyl halides is 3. The average Bonchev–Trinajstić information content (AvgIpc) is 2.29. The Hall–Kier alpha value is -0.760. The molecule has 0 amide bonds. The van der Waals surface area contributed by atoms with E-state index in [2.05, 4.69) is 4.98 Å². The zero-order valence-corrected chi connectivity index (χ0v) is 8.07. The normalized spacial score (nSPS) is 13.1. The van der Waals surface area contributed by atoms with Crippen molar-refractivity contribution in [1.82, 2.24) is 9.55 Å². The molecule has 0 saturated carbocycles. The molecule has 1 aromatic heterocycles. The Morgan fingerprint density at radius 1 is 1.50 bits per heavy atom. The van der Waals surface area contributed by atoms with E-state index in [4.69, 9.17) is 10.7 Å². The summed E-state index contributed by atoms with van der Waals surface area (Å²) in [5.41, 5.74) is 0. The molecule has 0 atom stereocenters. The van der Waals surface area contributed by atoms with E-state index in [0.717, 1.165) is 12.5 Å². The van der Waals surface area contributed by atoms with Gasteiger partial charge in [0.05, 0.1) is 6.33 Å². The SMILES string of the molecule is O=S(=O)(Cl)c1cn(CC(F)(F)F)cn1. The van der Waals surface area contributed by atoms with Crippen LogP contribution in [0, 0.1) is 0 Å². The maximum Gasteiger partial charge on any atom is 0.406 e. The quantitative estimate of drug-likeness (QED) is 0.743. The van der Waals surface area contributed by atoms with E-state index in [1.54, 1.807) is 0 Å². The Balaban J connectivity index is 2.90. The average molecular weight is 249 g/mol. The number of rotatable bonds is 2. The van der Waals surface area contributed by atoms with E-state index >= 15 is 0 Å². The molecule has 4 nitrogen and oxygen atoms in total. The number of nitrogens with zero attached hydrogens (tertiary/aromatic N) is 2. The molecular weight excluding hydrogens is 245 g/mol. The number of hydrogen-bond donors (Lipinski definition) is 0. The molecule has 0 spiro atoms. The van der Waals surface area contributed by atoms with Crippen LogP contribution in [-0.2, 0) is 15.6 Å². The molecule has 0 radical (unpaired) electrons. The molecule has 0 N–H and O–H groups in total. The minimum Gasteiger partial charge on any atom is -0.327 e. The molecule has 0 fully saturated rings. The van der Waals surface area contributed by atoms with E-state index in [9.17, 15) is 21.6 Å². The van der Waals surface area contributed by atoms with Crippen LogP contribution in [0.15, 0.2) is 17.6 Å². The van der Waals surface area contributed by atoms with Crippen molar-refractivity contribution in [1.29, 1.82) is 0 Å². The molecule has 0 unspecified atom stereocenters. The third-order valence-electron chi connectivity index (χ3n) is 1.22. The summed E-state index contributed by atoms with van der Waals surface area (Å²) < 4.78 is 57.3. The van der Waals surface area contributed by atoms with Gasteiger partial charge >= 0.3 is 6.18 Å². The second-order valence-corrected chi connectivity index (χ2v) is 4.95. The molecule has 0 aliphatic rings. The highest BCUT2D eigenvalue weighted by Crippen LogP contribution is 2.19. The van der Waals surface area contributed by atoms with Gasteiger partial charge < -0.3 is 4.57 Å². The summed E-state index contributed by atoms with van der Waals surface area (Å²) >= 11 is 0. The first-order valence-corrected chi connectivity index (χ1v) is 5.52. The van der Waals surface area contributed by atoms with Crippen LogP contribution < -0.4 is 0 Å². The van der Waals surface area contributed by atoms with E-state index in [-0.39, 0.29) is 0 Å². The van der Waals surface area contributed by atoms with Crippen LogP contribution in [-0.4, -0.2) is 24.1 Å².